The summed E-state index contributed by atoms with van der Waals surface area (Å²) in [5.74, 6) is 0. The van der Waals surface area contributed by atoms with E-state index in [9.17, 15) is 5.11 Å². The molecule has 0 radical (unpaired) electrons. The summed E-state index contributed by atoms with van der Waals surface area (Å²) in [6.07, 6.45) is 0.399. The molecule has 4 heteroatoms. The summed E-state index contributed by atoms with van der Waals surface area (Å²) in [6, 6.07) is 10.2. The first kappa shape index (κ1) is 11.3. The van der Waals surface area contributed by atoms with Crippen LogP contribution in [0, 0.1) is 0 Å². The third-order valence-corrected chi connectivity index (χ3v) is 5.31. The maximum atomic E-state index is 9.64. The van der Waals surface area contributed by atoms with Crippen molar-refractivity contribution in [2.75, 3.05) is 6.61 Å². The first-order valence-electron chi connectivity index (χ1n) is 4.95. The Morgan fingerprint density at radius 3 is 2.67 bits per heavy atom. The van der Waals surface area contributed by atoms with Gasteiger partial charge in [0.25, 0.3) is 0 Å². The van der Waals surface area contributed by atoms with E-state index in [1.807, 2.05) is 18.2 Å². The van der Waals surface area contributed by atoms with Gasteiger partial charge in [-0.2, -0.15) is 0 Å². The molecule has 15 heavy (non-hydrogen) atoms. The number of hydrogen-bond donors (Lipinski definition) is 2. The van der Waals surface area contributed by atoms with E-state index in [4.69, 9.17) is 5.11 Å². The van der Waals surface area contributed by atoms with Gasteiger partial charge in [0, 0.05) is 4.90 Å². The average molecular weight is 242 g/mol. The number of thioether (sulfide) groups is 2. The molecule has 0 aromatic heterocycles. The maximum Gasteiger partial charge on any atom is 0.0700 e. The van der Waals surface area contributed by atoms with E-state index in [0.717, 1.165) is 6.42 Å². The van der Waals surface area contributed by atoms with Crippen LogP contribution in [0.1, 0.15) is 6.42 Å². The van der Waals surface area contributed by atoms with Gasteiger partial charge in [-0.25, -0.2) is 0 Å². The Kier molecular flexibility index (Phi) is 3.97. The van der Waals surface area contributed by atoms with Crippen LogP contribution in [0.3, 0.4) is 0 Å². The molecule has 0 bridgehead atoms. The molecule has 1 unspecified atom stereocenters. The number of aliphatic hydroxyl groups excluding tert-OH is 2. The van der Waals surface area contributed by atoms with E-state index in [0.29, 0.717) is 4.58 Å². The number of aliphatic hydroxyl groups is 2. The van der Waals surface area contributed by atoms with Crippen molar-refractivity contribution >= 4 is 23.5 Å². The van der Waals surface area contributed by atoms with Crippen molar-refractivity contribution in [3.05, 3.63) is 30.3 Å². The Morgan fingerprint density at radius 2 is 2.07 bits per heavy atom. The van der Waals surface area contributed by atoms with E-state index in [-0.39, 0.29) is 18.0 Å². The summed E-state index contributed by atoms with van der Waals surface area (Å²) in [5, 5.41) is 18.7. The monoisotopic (exact) mass is 242 g/mol. The van der Waals surface area contributed by atoms with Gasteiger partial charge in [-0.1, -0.05) is 18.2 Å². The van der Waals surface area contributed by atoms with Crippen LogP contribution in [0.2, 0.25) is 0 Å². The second kappa shape index (κ2) is 5.25. The fourth-order valence-corrected chi connectivity index (χ4v) is 4.55. The molecule has 2 N–H and O–H groups in total. The van der Waals surface area contributed by atoms with Crippen LogP contribution in [-0.4, -0.2) is 32.8 Å². The lowest BCUT2D eigenvalue weighted by molar-refractivity contribution is 0.144. The highest BCUT2D eigenvalue weighted by molar-refractivity contribution is 8.17. The summed E-state index contributed by atoms with van der Waals surface area (Å²) >= 11 is 3.44. The molecule has 2 rings (SSSR count). The Balaban J connectivity index is 1.92. The van der Waals surface area contributed by atoms with Crippen molar-refractivity contribution in [3.8, 4) is 0 Å². The van der Waals surface area contributed by atoms with Gasteiger partial charge in [0.1, 0.15) is 0 Å². The van der Waals surface area contributed by atoms with E-state index in [2.05, 4.69) is 12.1 Å². The van der Waals surface area contributed by atoms with Gasteiger partial charge in [-0.15, -0.1) is 23.5 Å². The van der Waals surface area contributed by atoms with Gasteiger partial charge >= 0.3 is 0 Å². The standard InChI is InChI=1S/C11H14O2S2/c12-7-10-9(13)6-11(15-10)14-8-4-2-1-3-5-8/h1-5,9-13H,6-7H2/t9-,10+,11?/m0/s1. The highest BCUT2D eigenvalue weighted by Gasteiger charge is 2.33. The molecule has 0 amide bonds. The van der Waals surface area contributed by atoms with Gasteiger partial charge in [-0.05, 0) is 18.6 Å². The van der Waals surface area contributed by atoms with Gasteiger partial charge < -0.3 is 10.2 Å². The van der Waals surface area contributed by atoms with Gasteiger partial charge in [-0.3, -0.25) is 0 Å². The van der Waals surface area contributed by atoms with E-state index >= 15 is 0 Å². The Morgan fingerprint density at radius 1 is 1.33 bits per heavy atom. The molecule has 2 nitrogen and oxygen atoms in total. The molecule has 82 valence electrons. The molecule has 1 aromatic carbocycles. The third kappa shape index (κ3) is 2.91. The Hall–Kier alpha value is -0.160. The molecule has 1 aliphatic rings. The SMILES string of the molecule is OC[C@H]1SC(Sc2ccccc2)C[C@@H]1O. The summed E-state index contributed by atoms with van der Waals surface area (Å²) in [6.45, 7) is 0.0671. The summed E-state index contributed by atoms with van der Waals surface area (Å²) in [5.41, 5.74) is 0. The lowest BCUT2D eigenvalue weighted by Gasteiger charge is -2.09. The fourth-order valence-electron chi connectivity index (χ4n) is 1.58. The predicted molar refractivity (Wildman–Crippen MR) is 65.2 cm³/mol. The minimum absolute atomic E-state index is 0.00814. The van der Waals surface area contributed by atoms with Crippen molar-refractivity contribution in [2.45, 2.75) is 27.3 Å². The first-order valence-corrected chi connectivity index (χ1v) is 6.78. The second-order valence-electron chi connectivity index (χ2n) is 3.52. The van der Waals surface area contributed by atoms with Crippen molar-refractivity contribution in [3.63, 3.8) is 0 Å². The van der Waals surface area contributed by atoms with Gasteiger partial charge in [0.05, 0.1) is 22.5 Å². The summed E-state index contributed by atoms with van der Waals surface area (Å²) < 4.78 is 0.361. The largest absolute Gasteiger partial charge is 0.395 e. The molecule has 0 spiro atoms. The lowest BCUT2D eigenvalue weighted by Crippen LogP contribution is -2.20. The third-order valence-electron chi connectivity index (χ3n) is 2.38. The molecule has 1 heterocycles. The molecule has 3 atom stereocenters. The van der Waals surface area contributed by atoms with Crippen LogP contribution in [0.25, 0.3) is 0 Å². The second-order valence-corrected chi connectivity index (χ2v) is 6.54. The minimum atomic E-state index is -0.360. The maximum absolute atomic E-state index is 9.64. The van der Waals surface area contributed by atoms with Crippen LogP contribution in [0.5, 0.6) is 0 Å². The number of rotatable bonds is 3. The molecule has 1 aliphatic heterocycles. The molecule has 1 aromatic rings. The first-order chi connectivity index (χ1) is 7.29. The van der Waals surface area contributed by atoms with E-state index in [1.54, 1.807) is 23.5 Å². The smallest absolute Gasteiger partial charge is 0.0700 e. The Bertz CT molecular complexity index is 305. The van der Waals surface area contributed by atoms with Crippen LogP contribution in [-0.2, 0) is 0 Å². The van der Waals surface area contributed by atoms with Crippen molar-refractivity contribution < 1.29 is 10.2 Å². The highest BCUT2D eigenvalue weighted by atomic mass is 32.2. The quantitative estimate of drug-likeness (QED) is 0.850. The lowest BCUT2D eigenvalue weighted by atomic mass is 10.2. The topological polar surface area (TPSA) is 40.5 Å². The fraction of sp³-hybridized carbons (Fsp3) is 0.455. The number of benzene rings is 1. The zero-order chi connectivity index (χ0) is 10.7. The molecule has 0 saturated carbocycles. The van der Waals surface area contributed by atoms with Crippen LogP contribution >= 0.6 is 23.5 Å². The van der Waals surface area contributed by atoms with E-state index in [1.165, 1.54) is 4.90 Å². The Labute approximate surface area is 98.1 Å². The van der Waals surface area contributed by atoms with Gasteiger partial charge in [0.2, 0.25) is 0 Å². The van der Waals surface area contributed by atoms with E-state index < -0.39 is 0 Å². The summed E-state index contributed by atoms with van der Waals surface area (Å²) in [4.78, 5) is 1.22. The molecular formula is C11H14O2S2. The van der Waals surface area contributed by atoms with Crippen LogP contribution in [0.15, 0.2) is 35.2 Å². The zero-order valence-corrected chi connectivity index (χ0v) is 9.88. The normalized spacial score (nSPS) is 30.7. The van der Waals surface area contributed by atoms with Gasteiger partial charge in [0.15, 0.2) is 0 Å². The van der Waals surface area contributed by atoms with Crippen molar-refractivity contribution in [1.29, 1.82) is 0 Å². The van der Waals surface area contributed by atoms with Crippen LogP contribution in [0.4, 0.5) is 0 Å². The highest BCUT2D eigenvalue weighted by Crippen LogP contribution is 2.43. The molecule has 1 fully saturated rings. The predicted octanol–water partition coefficient (Wildman–Crippen LogP) is 1.96. The molecule has 1 saturated heterocycles. The van der Waals surface area contributed by atoms with Crippen molar-refractivity contribution in [2.24, 2.45) is 0 Å². The number of hydrogen-bond acceptors (Lipinski definition) is 4. The summed E-state index contributed by atoms with van der Waals surface area (Å²) in [7, 11) is 0. The molecule has 0 aliphatic carbocycles. The molecular weight excluding hydrogens is 228 g/mol. The van der Waals surface area contributed by atoms with Crippen LogP contribution < -0.4 is 0 Å². The van der Waals surface area contributed by atoms with Crippen molar-refractivity contribution in [1.82, 2.24) is 0 Å². The minimum Gasteiger partial charge on any atom is -0.395 e. The average Bonchev–Trinajstić information content (AvgIpc) is 2.60. The zero-order valence-electron chi connectivity index (χ0n) is 8.24.